The van der Waals surface area contributed by atoms with Crippen molar-refractivity contribution in [1.82, 2.24) is 5.32 Å². The van der Waals surface area contributed by atoms with Crippen LogP contribution in [0.4, 0.5) is 0 Å². The number of aliphatic hydroxyl groups excluding tert-OH is 2. The molecule has 0 aliphatic carbocycles. The van der Waals surface area contributed by atoms with Gasteiger partial charge in [0.2, 0.25) is 5.91 Å². The lowest BCUT2D eigenvalue weighted by Gasteiger charge is -2.20. The summed E-state index contributed by atoms with van der Waals surface area (Å²) >= 11 is 0. The van der Waals surface area contributed by atoms with Gasteiger partial charge in [0.15, 0.2) is 0 Å². The first-order valence-electron chi connectivity index (χ1n) is 37.3. The maximum Gasteiger partial charge on any atom is 0.305 e. The van der Waals surface area contributed by atoms with E-state index in [9.17, 15) is 19.8 Å². The molecule has 3 N–H and O–H groups in total. The van der Waals surface area contributed by atoms with Gasteiger partial charge in [0, 0.05) is 12.8 Å². The minimum absolute atomic E-state index is 0.0141. The molecular formula is C76H145NO5. The maximum atomic E-state index is 12.5. The first kappa shape index (κ1) is 80.1. The van der Waals surface area contributed by atoms with E-state index >= 15 is 0 Å². The van der Waals surface area contributed by atoms with Crippen molar-refractivity contribution in [3.8, 4) is 0 Å². The summed E-state index contributed by atoms with van der Waals surface area (Å²) in [6.07, 6.45) is 92.5. The van der Waals surface area contributed by atoms with E-state index in [0.717, 1.165) is 51.4 Å². The van der Waals surface area contributed by atoms with Gasteiger partial charge >= 0.3 is 5.97 Å². The number of nitrogens with one attached hydrogen (secondary N) is 1. The number of amides is 1. The molecule has 0 fully saturated rings. The summed E-state index contributed by atoms with van der Waals surface area (Å²) in [6, 6.07) is -0.624. The molecule has 0 aromatic carbocycles. The molecule has 0 aromatic heterocycles. The van der Waals surface area contributed by atoms with Gasteiger partial charge < -0.3 is 20.3 Å². The van der Waals surface area contributed by atoms with Crippen LogP contribution in [0.5, 0.6) is 0 Å². The van der Waals surface area contributed by atoms with Gasteiger partial charge in [0.05, 0.1) is 25.4 Å². The summed E-state index contributed by atoms with van der Waals surface area (Å²) in [5.41, 5.74) is 0. The number of esters is 1. The normalized spacial score (nSPS) is 12.7. The van der Waals surface area contributed by atoms with Crippen LogP contribution in [-0.2, 0) is 14.3 Å². The number of allylic oxidation sites excluding steroid dienone is 5. The first-order valence-corrected chi connectivity index (χ1v) is 37.3. The number of carbonyl (C=O) groups excluding carboxylic acids is 2. The van der Waals surface area contributed by atoms with Crippen LogP contribution in [0, 0.1) is 0 Å². The van der Waals surface area contributed by atoms with Crippen LogP contribution < -0.4 is 5.32 Å². The molecule has 0 aromatic rings. The fraction of sp³-hybridized carbons (Fsp3) is 0.895. The molecule has 0 aliphatic rings. The Morgan fingerprint density at radius 2 is 0.610 bits per heavy atom. The minimum Gasteiger partial charge on any atom is -0.466 e. The maximum absolute atomic E-state index is 12.5. The Balaban J connectivity index is 3.32. The molecule has 0 saturated heterocycles. The lowest BCUT2D eigenvalue weighted by molar-refractivity contribution is -0.143. The van der Waals surface area contributed by atoms with Gasteiger partial charge in [0.25, 0.3) is 0 Å². The number of ether oxygens (including phenoxy) is 1. The monoisotopic (exact) mass is 1150 g/mol. The molecule has 2 unspecified atom stereocenters. The summed E-state index contributed by atoms with van der Waals surface area (Å²) in [4.78, 5) is 24.6. The van der Waals surface area contributed by atoms with Crippen molar-refractivity contribution in [3.05, 3.63) is 36.5 Å². The van der Waals surface area contributed by atoms with Crippen LogP contribution in [0.3, 0.4) is 0 Å². The molecule has 0 spiro atoms. The van der Waals surface area contributed by atoms with E-state index in [1.54, 1.807) is 6.08 Å². The molecule has 1 amide bonds. The van der Waals surface area contributed by atoms with Crippen LogP contribution in [0.1, 0.15) is 412 Å². The smallest absolute Gasteiger partial charge is 0.305 e. The van der Waals surface area contributed by atoms with Crippen LogP contribution in [0.15, 0.2) is 36.5 Å². The molecule has 0 heterocycles. The number of hydrogen-bond donors (Lipinski definition) is 3. The average Bonchev–Trinajstić information content (AvgIpc) is 3.48. The standard InChI is InChI=1S/C76H145NO5/c1-3-5-7-9-11-13-15-17-19-37-42-46-50-54-58-62-66-70-76(81)82-71-67-63-59-55-51-47-43-39-36-34-32-30-28-26-24-22-20-21-23-25-27-29-31-33-35-38-41-45-49-53-57-61-65-69-75(80)77-73(72-78)74(79)68-64-60-56-52-48-44-40-18-16-14-12-10-8-6-4-2/h11,13,17,19,64,68,73-74,78-79H,3-10,12,14-16,18,20-63,65-67,69-72H2,1-2H3,(H,77,80)/b13-11-,19-17-,68-64+. The summed E-state index contributed by atoms with van der Waals surface area (Å²) in [6.45, 7) is 4.91. The molecule has 0 bridgehead atoms. The van der Waals surface area contributed by atoms with Gasteiger partial charge in [-0.25, -0.2) is 0 Å². The number of hydrogen-bond acceptors (Lipinski definition) is 5. The zero-order valence-electron chi connectivity index (χ0n) is 55.5. The van der Waals surface area contributed by atoms with Crippen LogP contribution in [-0.4, -0.2) is 47.4 Å². The highest BCUT2D eigenvalue weighted by atomic mass is 16.5. The SMILES string of the molecule is CCCCC/C=C\C/C=C\CCCCCCCCCC(=O)OCCCCCCCCCCCCCCCCCCCCCCCCCCCCCCCCCCCC(=O)NC(CO)C(O)/C=C/CCCCCCCCCCCCCCC. The summed E-state index contributed by atoms with van der Waals surface area (Å²) < 4.78 is 5.50. The van der Waals surface area contributed by atoms with E-state index in [0.29, 0.717) is 19.4 Å². The van der Waals surface area contributed by atoms with E-state index < -0.39 is 12.1 Å². The first-order chi connectivity index (χ1) is 40.5. The highest BCUT2D eigenvalue weighted by molar-refractivity contribution is 5.76. The number of rotatable bonds is 70. The van der Waals surface area contributed by atoms with Gasteiger partial charge in [-0.3, -0.25) is 9.59 Å². The van der Waals surface area contributed by atoms with Gasteiger partial charge in [-0.15, -0.1) is 0 Å². The number of aliphatic hydroxyl groups is 2. The highest BCUT2D eigenvalue weighted by Crippen LogP contribution is 2.19. The Morgan fingerprint density at radius 3 is 0.951 bits per heavy atom. The Kier molecular flexibility index (Phi) is 69.9. The lowest BCUT2D eigenvalue weighted by Crippen LogP contribution is -2.45. The molecule has 82 heavy (non-hydrogen) atoms. The highest BCUT2D eigenvalue weighted by Gasteiger charge is 2.18. The fourth-order valence-corrected chi connectivity index (χ4v) is 11.7. The van der Waals surface area contributed by atoms with E-state index in [2.05, 4.69) is 43.5 Å². The Morgan fingerprint density at radius 1 is 0.341 bits per heavy atom. The van der Waals surface area contributed by atoms with Gasteiger partial charge in [-0.1, -0.05) is 371 Å². The molecule has 6 nitrogen and oxygen atoms in total. The lowest BCUT2D eigenvalue weighted by atomic mass is 10.0. The van der Waals surface area contributed by atoms with Crippen LogP contribution >= 0.6 is 0 Å². The van der Waals surface area contributed by atoms with Crippen molar-refractivity contribution in [2.75, 3.05) is 13.2 Å². The fourth-order valence-electron chi connectivity index (χ4n) is 11.7. The van der Waals surface area contributed by atoms with E-state index in [-0.39, 0.29) is 18.5 Å². The average molecular weight is 1150 g/mol. The van der Waals surface area contributed by atoms with Gasteiger partial charge in [-0.2, -0.15) is 0 Å². The number of unbranched alkanes of at least 4 members (excludes halogenated alkanes) is 55. The zero-order chi connectivity index (χ0) is 59.2. The minimum atomic E-state index is -0.841. The van der Waals surface area contributed by atoms with Crippen molar-refractivity contribution in [3.63, 3.8) is 0 Å². The van der Waals surface area contributed by atoms with Gasteiger partial charge in [0.1, 0.15) is 0 Å². The quantitative estimate of drug-likeness (QED) is 0.0320. The zero-order valence-corrected chi connectivity index (χ0v) is 55.5. The summed E-state index contributed by atoms with van der Waals surface area (Å²) in [5, 5.41) is 23.2. The predicted molar refractivity (Wildman–Crippen MR) is 361 cm³/mol. The third-order valence-corrected chi connectivity index (χ3v) is 17.4. The Hall–Kier alpha value is -1.92. The second kappa shape index (κ2) is 71.6. The van der Waals surface area contributed by atoms with E-state index in [1.165, 1.54) is 334 Å². The van der Waals surface area contributed by atoms with Crippen LogP contribution in [0.2, 0.25) is 0 Å². The molecule has 0 saturated carbocycles. The third kappa shape index (κ3) is 67.2. The van der Waals surface area contributed by atoms with Gasteiger partial charge in [-0.05, 0) is 64.2 Å². The molecular weight excluding hydrogens is 1010 g/mol. The second-order valence-corrected chi connectivity index (χ2v) is 25.6. The Labute approximate surface area is 513 Å². The molecule has 0 rings (SSSR count). The predicted octanol–water partition coefficient (Wildman–Crippen LogP) is 24.3. The molecule has 0 aliphatic heterocycles. The molecule has 6 heteroatoms. The summed E-state index contributed by atoms with van der Waals surface area (Å²) in [7, 11) is 0. The number of carbonyl (C=O) groups is 2. The van der Waals surface area contributed by atoms with Crippen molar-refractivity contribution in [2.45, 2.75) is 424 Å². The van der Waals surface area contributed by atoms with Crippen LogP contribution in [0.25, 0.3) is 0 Å². The molecule has 484 valence electrons. The molecule has 0 radical (unpaired) electrons. The Bertz CT molecular complexity index is 1330. The van der Waals surface area contributed by atoms with Crippen molar-refractivity contribution < 1.29 is 24.5 Å². The third-order valence-electron chi connectivity index (χ3n) is 17.4. The van der Waals surface area contributed by atoms with Crippen molar-refractivity contribution in [2.24, 2.45) is 0 Å². The van der Waals surface area contributed by atoms with Crippen molar-refractivity contribution in [1.29, 1.82) is 0 Å². The van der Waals surface area contributed by atoms with E-state index in [1.807, 2.05) is 6.08 Å². The summed E-state index contributed by atoms with van der Waals surface area (Å²) in [5.74, 6) is -0.0466. The second-order valence-electron chi connectivity index (χ2n) is 25.6. The molecule has 2 atom stereocenters. The van der Waals surface area contributed by atoms with Crippen molar-refractivity contribution >= 4 is 11.9 Å². The topological polar surface area (TPSA) is 95.9 Å². The van der Waals surface area contributed by atoms with E-state index in [4.69, 9.17) is 4.74 Å². The largest absolute Gasteiger partial charge is 0.466 e.